The molecule has 14 heavy (non-hydrogen) atoms. The molecule has 1 atom stereocenters. The lowest BCUT2D eigenvalue weighted by atomic mass is 10.4. The zero-order valence-electron chi connectivity index (χ0n) is 7.77. The lowest BCUT2D eigenvalue weighted by Crippen LogP contribution is -2.14. The summed E-state index contributed by atoms with van der Waals surface area (Å²) in [5.74, 6) is -0.740. The van der Waals surface area contributed by atoms with Crippen molar-refractivity contribution in [2.75, 3.05) is 0 Å². The van der Waals surface area contributed by atoms with E-state index in [-0.39, 0.29) is 12.4 Å². The first-order valence-corrected chi connectivity index (χ1v) is 4.46. The van der Waals surface area contributed by atoms with Crippen LogP contribution in [0.15, 0.2) is 13.6 Å². The highest BCUT2D eigenvalue weighted by molar-refractivity contribution is 7.81. The largest absolute Gasteiger partial charge is 0.519 e. The van der Waals surface area contributed by atoms with Crippen LogP contribution in [0.25, 0.3) is 0 Å². The van der Waals surface area contributed by atoms with Gasteiger partial charge in [-0.2, -0.15) is 12.6 Å². The van der Waals surface area contributed by atoms with Gasteiger partial charge in [0.2, 0.25) is 0 Å². The number of carbonyl (C=O) groups is 1. The van der Waals surface area contributed by atoms with Crippen molar-refractivity contribution in [2.45, 2.75) is 25.7 Å². The van der Waals surface area contributed by atoms with Crippen molar-refractivity contribution in [1.82, 2.24) is 0 Å². The number of esters is 1. The fraction of sp³-hybridized carbons (Fsp3) is 0.500. The average Bonchev–Trinajstić information content (AvgIpc) is 2.40. The zero-order chi connectivity index (χ0) is 10.7. The first-order valence-electron chi connectivity index (χ1n) is 3.95. The molecule has 5 nitrogen and oxygen atoms in total. The zero-order valence-corrected chi connectivity index (χ0v) is 8.67. The molecule has 0 aliphatic carbocycles. The molecule has 0 aliphatic heterocycles. The van der Waals surface area contributed by atoms with Gasteiger partial charge in [-0.1, -0.05) is 0 Å². The maximum Gasteiger partial charge on any atom is 0.519 e. The third-order valence-corrected chi connectivity index (χ3v) is 1.73. The van der Waals surface area contributed by atoms with E-state index in [2.05, 4.69) is 21.5 Å². The number of aryl methyl sites for hydroxylation is 1. The molecule has 1 aromatic rings. The van der Waals surface area contributed by atoms with Crippen LogP contribution in [0.1, 0.15) is 18.4 Å². The fourth-order valence-electron chi connectivity index (χ4n) is 0.764. The first kappa shape index (κ1) is 10.9. The molecule has 0 spiro atoms. The molecule has 1 rings (SSSR count). The Kier molecular flexibility index (Phi) is 3.40. The predicted molar refractivity (Wildman–Crippen MR) is 50.2 cm³/mol. The van der Waals surface area contributed by atoms with E-state index in [0.717, 1.165) is 0 Å². The molecule has 6 heteroatoms. The summed E-state index contributed by atoms with van der Waals surface area (Å²) in [6, 6.07) is 0. The number of carbonyl (C=O) groups excluding carboxylic acids is 1. The summed E-state index contributed by atoms with van der Waals surface area (Å²) in [4.78, 5) is 21.6. The summed E-state index contributed by atoms with van der Waals surface area (Å²) in [5.41, 5.74) is 0. The van der Waals surface area contributed by atoms with Gasteiger partial charge in [-0.05, 0) is 13.8 Å². The highest BCUT2D eigenvalue weighted by Crippen LogP contribution is 2.07. The van der Waals surface area contributed by atoms with Crippen LogP contribution >= 0.6 is 12.6 Å². The van der Waals surface area contributed by atoms with Crippen molar-refractivity contribution in [3.05, 3.63) is 22.1 Å². The second-order valence-corrected chi connectivity index (χ2v) is 3.49. The highest BCUT2D eigenvalue weighted by Gasteiger charge is 2.13. The minimum absolute atomic E-state index is 0.110. The van der Waals surface area contributed by atoms with E-state index < -0.39 is 17.0 Å². The number of hydrogen-bond acceptors (Lipinski definition) is 6. The number of thiol groups is 1. The van der Waals surface area contributed by atoms with Crippen LogP contribution in [0.3, 0.4) is 0 Å². The number of rotatable bonds is 3. The first-order chi connectivity index (χ1) is 6.50. The Morgan fingerprint density at radius 2 is 2.21 bits per heavy atom. The lowest BCUT2D eigenvalue weighted by Gasteiger charge is -2.03. The molecule has 1 heterocycles. The van der Waals surface area contributed by atoms with Gasteiger partial charge in [-0.25, -0.2) is 4.79 Å². The molecule has 1 aromatic heterocycles. The van der Waals surface area contributed by atoms with E-state index in [1.165, 1.54) is 0 Å². The van der Waals surface area contributed by atoms with Crippen LogP contribution in [-0.2, 0) is 16.1 Å². The molecule has 0 saturated carbocycles. The Morgan fingerprint density at radius 1 is 1.57 bits per heavy atom. The van der Waals surface area contributed by atoms with Crippen molar-refractivity contribution < 1.29 is 18.4 Å². The normalized spacial score (nSPS) is 12.5. The summed E-state index contributed by atoms with van der Waals surface area (Å²) < 4.78 is 14.0. The smallest absolute Gasteiger partial charge is 0.457 e. The molecule has 0 amide bonds. The van der Waals surface area contributed by atoms with E-state index in [1.54, 1.807) is 13.8 Å². The molecule has 0 fully saturated rings. The van der Waals surface area contributed by atoms with Crippen molar-refractivity contribution in [1.29, 1.82) is 0 Å². The average molecular weight is 218 g/mol. The van der Waals surface area contributed by atoms with Gasteiger partial charge in [-0.3, -0.25) is 4.79 Å². The second-order valence-electron chi connectivity index (χ2n) is 2.72. The molecule has 0 bridgehead atoms. The van der Waals surface area contributed by atoms with E-state index in [0.29, 0.717) is 5.76 Å². The third kappa shape index (κ3) is 2.66. The highest BCUT2D eigenvalue weighted by atomic mass is 32.1. The van der Waals surface area contributed by atoms with Crippen LogP contribution in [0, 0.1) is 6.92 Å². The topological polar surface area (TPSA) is 69.7 Å². The van der Waals surface area contributed by atoms with Gasteiger partial charge in [0.15, 0.2) is 18.1 Å². The molecule has 0 saturated heterocycles. The van der Waals surface area contributed by atoms with Crippen molar-refractivity contribution in [2.24, 2.45) is 0 Å². The molecule has 0 N–H and O–H groups in total. The van der Waals surface area contributed by atoms with E-state index in [9.17, 15) is 9.59 Å². The maximum absolute atomic E-state index is 11.0. The summed E-state index contributed by atoms with van der Waals surface area (Å²) >= 11 is 3.88. The fourth-order valence-corrected chi connectivity index (χ4v) is 0.838. The monoisotopic (exact) mass is 218 g/mol. The van der Waals surface area contributed by atoms with Gasteiger partial charge in [-0.15, -0.1) is 0 Å². The van der Waals surface area contributed by atoms with Gasteiger partial charge >= 0.3 is 11.8 Å². The maximum atomic E-state index is 11.0. The minimum atomic E-state index is -0.799. The molecule has 0 aliphatic rings. The molecule has 0 unspecified atom stereocenters. The van der Waals surface area contributed by atoms with Crippen LogP contribution in [0.2, 0.25) is 0 Å². The van der Waals surface area contributed by atoms with Crippen molar-refractivity contribution in [3.63, 3.8) is 0 Å². The Labute approximate surface area is 85.4 Å². The third-order valence-electron chi connectivity index (χ3n) is 1.52. The Morgan fingerprint density at radius 3 is 2.64 bits per heavy atom. The Hall–Kier alpha value is -1.17. The second kappa shape index (κ2) is 4.36. The Bertz CT molecular complexity index is 375. The van der Waals surface area contributed by atoms with Gasteiger partial charge in [0.05, 0.1) is 5.25 Å². The Balaban J connectivity index is 2.58. The van der Waals surface area contributed by atoms with Crippen LogP contribution < -0.4 is 5.82 Å². The van der Waals surface area contributed by atoms with E-state index in [1.807, 2.05) is 0 Å². The lowest BCUT2D eigenvalue weighted by molar-refractivity contribution is -0.144. The molecular formula is C8H10O5S. The van der Waals surface area contributed by atoms with Crippen LogP contribution in [0.4, 0.5) is 0 Å². The van der Waals surface area contributed by atoms with E-state index in [4.69, 9.17) is 4.74 Å². The number of hydrogen-bond donors (Lipinski definition) is 1. The number of ether oxygens (including phenoxy) is 1. The van der Waals surface area contributed by atoms with Crippen LogP contribution in [-0.4, -0.2) is 11.2 Å². The standard InChI is InChI=1S/C8H10O5S/c1-4-6(13-8(10)12-4)3-11-7(9)5(2)14/h5,14H,3H2,1-2H3/t5-/m1/s1. The van der Waals surface area contributed by atoms with Gasteiger partial charge < -0.3 is 13.6 Å². The molecule has 0 radical (unpaired) electrons. The molecular weight excluding hydrogens is 208 g/mol. The SMILES string of the molecule is Cc1oc(=O)oc1COC(=O)[C@@H](C)S. The minimum Gasteiger partial charge on any atom is -0.457 e. The van der Waals surface area contributed by atoms with Gasteiger partial charge in [0.25, 0.3) is 0 Å². The quantitative estimate of drug-likeness (QED) is 0.603. The van der Waals surface area contributed by atoms with Gasteiger partial charge in [0.1, 0.15) is 0 Å². The molecule has 0 aromatic carbocycles. The van der Waals surface area contributed by atoms with Crippen molar-refractivity contribution >= 4 is 18.6 Å². The molecule has 78 valence electrons. The summed E-state index contributed by atoms with van der Waals surface area (Å²) in [5, 5.41) is -0.506. The van der Waals surface area contributed by atoms with Gasteiger partial charge in [0, 0.05) is 0 Å². The van der Waals surface area contributed by atoms with Crippen molar-refractivity contribution in [3.8, 4) is 0 Å². The van der Waals surface area contributed by atoms with Crippen LogP contribution in [0.5, 0.6) is 0 Å². The summed E-state index contributed by atoms with van der Waals surface area (Å²) in [6.07, 6.45) is 0. The summed E-state index contributed by atoms with van der Waals surface area (Å²) in [7, 11) is 0. The summed E-state index contributed by atoms with van der Waals surface area (Å²) in [6.45, 7) is 3.03. The predicted octanol–water partition coefficient (Wildman–Crippen LogP) is 0.903. The van der Waals surface area contributed by atoms with E-state index >= 15 is 0 Å².